The van der Waals surface area contributed by atoms with Gasteiger partial charge in [-0.05, 0) is 31.0 Å². The number of nitrogens with two attached hydrogens (primary N) is 1. The zero-order valence-electron chi connectivity index (χ0n) is 10.4. The summed E-state index contributed by atoms with van der Waals surface area (Å²) in [6.45, 7) is 2.37. The maximum Gasteiger partial charge on any atom is 0.344 e. The molecule has 4 nitrogen and oxygen atoms in total. The van der Waals surface area contributed by atoms with E-state index in [1.165, 1.54) is 0 Å². The Bertz CT molecular complexity index is 409. The van der Waals surface area contributed by atoms with Gasteiger partial charge in [-0.3, -0.25) is 0 Å². The van der Waals surface area contributed by atoms with Crippen LogP contribution in [0.1, 0.15) is 25.3 Å². The summed E-state index contributed by atoms with van der Waals surface area (Å²) in [4.78, 5) is 11.1. The molecule has 1 rings (SSSR count). The second kappa shape index (κ2) is 7.24. The Hall–Kier alpha value is -1.26. The average molecular weight is 272 g/mol. The molecule has 0 aliphatic heterocycles. The molecule has 18 heavy (non-hydrogen) atoms. The highest BCUT2D eigenvalue weighted by Gasteiger charge is 2.21. The molecule has 0 saturated heterocycles. The molecule has 0 amide bonds. The summed E-state index contributed by atoms with van der Waals surface area (Å²) in [6, 6.07) is 5.33. The normalized spacial score (nSPS) is 12.2. The van der Waals surface area contributed by atoms with Gasteiger partial charge in [0, 0.05) is 0 Å². The lowest BCUT2D eigenvalue weighted by atomic mass is 10.1. The van der Waals surface area contributed by atoms with Gasteiger partial charge in [-0.25, -0.2) is 4.79 Å². The Labute approximate surface area is 112 Å². The lowest BCUT2D eigenvalue weighted by Gasteiger charge is -2.18. The van der Waals surface area contributed by atoms with Gasteiger partial charge in [0.05, 0.1) is 5.02 Å². The Morgan fingerprint density at radius 3 is 2.83 bits per heavy atom. The van der Waals surface area contributed by atoms with Crippen molar-refractivity contribution >= 4 is 17.6 Å². The van der Waals surface area contributed by atoms with Gasteiger partial charge in [0.25, 0.3) is 0 Å². The molecular weight excluding hydrogens is 254 g/mol. The van der Waals surface area contributed by atoms with Crippen molar-refractivity contribution in [3.05, 3.63) is 28.8 Å². The highest BCUT2D eigenvalue weighted by molar-refractivity contribution is 6.32. The number of carbonyl (C=O) groups is 1. The van der Waals surface area contributed by atoms with Crippen molar-refractivity contribution in [2.24, 2.45) is 5.73 Å². The molecule has 0 spiro atoms. The van der Waals surface area contributed by atoms with Crippen molar-refractivity contribution in [3.8, 4) is 5.75 Å². The fourth-order valence-corrected chi connectivity index (χ4v) is 1.91. The molecule has 0 aromatic heterocycles. The Kier molecular flexibility index (Phi) is 5.95. The Morgan fingerprint density at radius 2 is 2.28 bits per heavy atom. The summed E-state index contributed by atoms with van der Waals surface area (Å²) in [5, 5.41) is 9.50. The Balaban J connectivity index is 2.96. The summed E-state index contributed by atoms with van der Waals surface area (Å²) in [5.41, 5.74) is 6.35. The first-order valence-corrected chi connectivity index (χ1v) is 6.34. The van der Waals surface area contributed by atoms with Crippen molar-refractivity contribution in [1.82, 2.24) is 0 Å². The Morgan fingerprint density at radius 1 is 1.56 bits per heavy atom. The predicted octanol–water partition coefficient (Wildman–Crippen LogP) is 2.47. The number of carboxylic acids is 1. The molecule has 0 aliphatic carbocycles. The van der Waals surface area contributed by atoms with Crippen LogP contribution in [0.25, 0.3) is 0 Å². The molecule has 5 heteroatoms. The van der Waals surface area contributed by atoms with E-state index in [0.29, 0.717) is 30.2 Å². The molecule has 0 aliphatic rings. The van der Waals surface area contributed by atoms with Crippen LogP contribution in [0.4, 0.5) is 0 Å². The minimum atomic E-state index is -0.976. The lowest BCUT2D eigenvalue weighted by molar-refractivity contribution is -0.145. The third-order valence-electron chi connectivity index (χ3n) is 2.55. The number of ether oxygens (including phenoxy) is 1. The third-order valence-corrected chi connectivity index (χ3v) is 2.85. The summed E-state index contributed by atoms with van der Waals surface area (Å²) in [6.07, 6.45) is 0.913. The van der Waals surface area contributed by atoms with Crippen LogP contribution < -0.4 is 10.5 Å². The molecule has 3 N–H and O–H groups in total. The van der Waals surface area contributed by atoms with Gasteiger partial charge in [0.2, 0.25) is 0 Å². The van der Waals surface area contributed by atoms with E-state index in [1.54, 1.807) is 12.1 Å². The first kappa shape index (κ1) is 14.8. The van der Waals surface area contributed by atoms with Gasteiger partial charge in [-0.1, -0.05) is 37.1 Å². The second-order valence-electron chi connectivity index (χ2n) is 4.00. The third kappa shape index (κ3) is 3.89. The van der Waals surface area contributed by atoms with Crippen molar-refractivity contribution in [2.75, 3.05) is 6.54 Å². The summed E-state index contributed by atoms with van der Waals surface area (Å²) in [7, 11) is 0. The van der Waals surface area contributed by atoms with E-state index < -0.39 is 12.1 Å². The topological polar surface area (TPSA) is 72.5 Å². The van der Waals surface area contributed by atoms with E-state index in [1.807, 2.05) is 13.0 Å². The van der Waals surface area contributed by atoms with Crippen LogP contribution in [0.15, 0.2) is 18.2 Å². The number of carboxylic acid groups (broad SMARTS) is 1. The van der Waals surface area contributed by atoms with Gasteiger partial charge < -0.3 is 15.6 Å². The van der Waals surface area contributed by atoms with Gasteiger partial charge in [-0.15, -0.1) is 0 Å². The first-order chi connectivity index (χ1) is 8.60. The number of hydrogen-bond donors (Lipinski definition) is 2. The van der Waals surface area contributed by atoms with Crippen LogP contribution in [0.2, 0.25) is 5.02 Å². The van der Waals surface area contributed by atoms with Gasteiger partial charge >= 0.3 is 5.97 Å². The monoisotopic (exact) mass is 271 g/mol. The minimum Gasteiger partial charge on any atom is -0.479 e. The van der Waals surface area contributed by atoms with Crippen LogP contribution in [0.3, 0.4) is 0 Å². The summed E-state index contributed by atoms with van der Waals surface area (Å²) in [5.74, 6) is -0.541. The molecule has 1 atom stereocenters. The van der Waals surface area contributed by atoms with Gasteiger partial charge in [-0.2, -0.15) is 0 Å². The fourth-order valence-electron chi connectivity index (χ4n) is 1.68. The van der Waals surface area contributed by atoms with Crippen molar-refractivity contribution in [1.29, 1.82) is 0 Å². The zero-order chi connectivity index (χ0) is 13.5. The van der Waals surface area contributed by atoms with Crippen LogP contribution >= 0.6 is 11.6 Å². The highest BCUT2D eigenvalue weighted by Crippen LogP contribution is 2.30. The molecule has 0 saturated carbocycles. The first-order valence-electron chi connectivity index (χ1n) is 5.97. The smallest absolute Gasteiger partial charge is 0.344 e. The van der Waals surface area contributed by atoms with E-state index in [0.717, 1.165) is 12.0 Å². The van der Waals surface area contributed by atoms with Crippen molar-refractivity contribution in [2.45, 2.75) is 32.3 Å². The second-order valence-corrected chi connectivity index (χ2v) is 4.41. The zero-order valence-corrected chi connectivity index (χ0v) is 11.1. The maximum atomic E-state index is 11.1. The molecule has 1 aromatic rings. The lowest BCUT2D eigenvalue weighted by Crippen LogP contribution is -2.27. The van der Waals surface area contributed by atoms with Gasteiger partial charge in [0.15, 0.2) is 6.10 Å². The van der Waals surface area contributed by atoms with E-state index in [4.69, 9.17) is 27.2 Å². The van der Waals surface area contributed by atoms with Gasteiger partial charge in [0.1, 0.15) is 5.75 Å². The molecule has 1 unspecified atom stereocenters. The fraction of sp³-hybridized carbons (Fsp3) is 0.462. The molecule has 0 bridgehead atoms. The summed E-state index contributed by atoms with van der Waals surface area (Å²) < 4.78 is 5.54. The van der Waals surface area contributed by atoms with E-state index >= 15 is 0 Å². The molecule has 0 heterocycles. The average Bonchev–Trinajstić information content (AvgIpc) is 2.32. The van der Waals surface area contributed by atoms with E-state index in [9.17, 15) is 4.79 Å². The van der Waals surface area contributed by atoms with Crippen molar-refractivity contribution in [3.63, 3.8) is 0 Å². The predicted molar refractivity (Wildman–Crippen MR) is 71.2 cm³/mol. The van der Waals surface area contributed by atoms with Crippen LogP contribution in [-0.4, -0.2) is 23.7 Å². The van der Waals surface area contributed by atoms with Crippen molar-refractivity contribution < 1.29 is 14.6 Å². The molecular formula is C13H18ClNO3. The number of hydrogen-bond acceptors (Lipinski definition) is 3. The number of halogens is 1. The van der Waals surface area contributed by atoms with Crippen LogP contribution in [0, 0.1) is 0 Å². The number of para-hydroxylation sites is 1. The standard InChI is InChI=1S/C13H18ClNO3/c1-2-4-11(13(16)17)18-12-9(7-8-15)5-3-6-10(12)14/h3,5-6,11H,2,4,7-8,15H2,1H3,(H,16,17). The largest absolute Gasteiger partial charge is 0.479 e. The molecule has 0 radical (unpaired) electrons. The number of benzene rings is 1. The SMILES string of the molecule is CCCC(Oc1c(Cl)cccc1CCN)C(=O)O. The number of aliphatic carboxylic acids is 1. The minimum absolute atomic E-state index is 0.420. The number of rotatable bonds is 7. The van der Waals surface area contributed by atoms with E-state index in [-0.39, 0.29) is 0 Å². The summed E-state index contributed by atoms with van der Waals surface area (Å²) >= 11 is 6.06. The van der Waals surface area contributed by atoms with E-state index in [2.05, 4.69) is 0 Å². The highest BCUT2D eigenvalue weighted by atomic mass is 35.5. The maximum absolute atomic E-state index is 11.1. The quantitative estimate of drug-likeness (QED) is 0.799. The molecule has 0 fully saturated rings. The van der Waals surface area contributed by atoms with Crippen LogP contribution in [0.5, 0.6) is 5.75 Å². The molecule has 1 aromatic carbocycles. The molecule has 100 valence electrons. The van der Waals surface area contributed by atoms with Crippen LogP contribution in [-0.2, 0) is 11.2 Å².